The van der Waals surface area contributed by atoms with Gasteiger partial charge in [0.2, 0.25) is 5.89 Å². The molecule has 1 amide bonds. The van der Waals surface area contributed by atoms with E-state index in [2.05, 4.69) is 15.6 Å². The Kier molecular flexibility index (Phi) is 5.44. The second-order valence-corrected chi connectivity index (χ2v) is 7.86. The van der Waals surface area contributed by atoms with E-state index in [0.717, 1.165) is 16.7 Å². The number of phenolic OH excluding ortho intramolecular Hbond substituents is 1. The van der Waals surface area contributed by atoms with Gasteiger partial charge in [0.05, 0.1) is 5.56 Å². The number of rotatable bonds is 3. The Hall–Kier alpha value is -3.71. The van der Waals surface area contributed by atoms with E-state index < -0.39 is 0 Å². The molecule has 1 aromatic heterocycles. The number of thiocarbonyl (C=S) groups is 1. The third-order valence-electron chi connectivity index (χ3n) is 4.88. The number of carbonyl (C=O) groups is 1. The molecule has 31 heavy (non-hydrogen) atoms. The fourth-order valence-electron chi connectivity index (χ4n) is 3.33. The van der Waals surface area contributed by atoms with Crippen LogP contribution >= 0.6 is 12.2 Å². The first kappa shape index (κ1) is 20.6. The maximum atomic E-state index is 12.5. The van der Waals surface area contributed by atoms with Crippen LogP contribution in [-0.4, -0.2) is 21.1 Å². The van der Waals surface area contributed by atoms with Crippen LogP contribution < -0.4 is 10.6 Å². The zero-order chi connectivity index (χ0) is 22.1. The Bertz CT molecular complexity index is 1330. The van der Waals surface area contributed by atoms with E-state index >= 15 is 0 Å². The molecule has 0 fully saturated rings. The number of benzene rings is 3. The average molecular weight is 432 g/mol. The predicted molar refractivity (Wildman–Crippen MR) is 125 cm³/mol. The summed E-state index contributed by atoms with van der Waals surface area (Å²) in [6.07, 6.45) is 0. The van der Waals surface area contributed by atoms with Gasteiger partial charge in [-0.25, -0.2) is 4.98 Å². The standard InChI is InChI=1S/C24H21N3O3S/c1-13-4-7-17(15(3)10-13)22(29)27-24(31)25-16-6-9-20(28)18(12-16)23-26-19-8-5-14(2)11-21(19)30-23/h4-12,28H,1-3H3,(H2,25,27,29,31). The molecule has 0 aliphatic heterocycles. The minimum atomic E-state index is -0.289. The van der Waals surface area contributed by atoms with Gasteiger partial charge in [0.25, 0.3) is 5.91 Å². The zero-order valence-electron chi connectivity index (χ0n) is 17.3. The molecule has 7 heteroatoms. The minimum absolute atomic E-state index is 0.0269. The SMILES string of the molecule is Cc1ccc(C(=O)NC(=S)Nc2ccc(O)c(-c3nc4ccc(C)cc4o3)c2)c(C)c1. The van der Waals surface area contributed by atoms with Gasteiger partial charge < -0.3 is 14.8 Å². The quantitative estimate of drug-likeness (QED) is 0.303. The van der Waals surface area contributed by atoms with E-state index in [1.165, 1.54) is 6.07 Å². The van der Waals surface area contributed by atoms with E-state index in [-0.39, 0.29) is 16.8 Å². The first-order valence-corrected chi connectivity index (χ1v) is 10.1. The third-order valence-corrected chi connectivity index (χ3v) is 5.09. The van der Waals surface area contributed by atoms with Gasteiger partial charge in [0.15, 0.2) is 10.7 Å². The van der Waals surface area contributed by atoms with Crippen LogP contribution in [0.3, 0.4) is 0 Å². The highest BCUT2D eigenvalue weighted by Crippen LogP contribution is 2.33. The van der Waals surface area contributed by atoms with Crippen LogP contribution in [0, 0.1) is 20.8 Å². The normalized spacial score (nSPS) is 10.8. The van der Waals surface area contributed by atoms with E-state index in [1.54, 1.807) is 18.2 Å². The average Bonchev–Trinajstić information content (AvgIpc) is 3.12. The minimum Gasteiger partial charge on any atom is -0.507 e. The molecule has 0 saturated heterocycles. The van der Waals surface area contributed by atoms with Gasteiger partial charge in [-0.1, -0.05) is 23.8 Å². The molecule has 0 aliphatic carbocycles. The van der Waals surface area contributed by atoms with Crippen LogP contribution in [0.5, 0.6) is 5.75 Å². The van der Waals surface area contributed by atoms with Gasteiger partial charge in [0, 0.05) is 11.3 Å². The number of hydrogen-bond acceptors (Lipinski definition) is 5. The van der Waals surface area contributed by atoms with Gasteiger partial charge in [-0.05, 0) is 80.5 Å². The Morgan fingerprint density at radius 3 is 2.52 bits per heavy atom. The number of amides is 1. The van der Waals surface area contributed by atoms with Gasteiger partial charge in [-0.15, -0.1) is 0 Å². The molecule has 4 rings (SSSR count). The summed E-state index contributed by atoms with van der Waals surface area (Å²) in [5.41, 5.74) is 5.92. The highest BCUT2D eigenvalue weighted by Gasteiger charge is 2.15. The van der Waals surface area contributed by atoms with Crippen molar-refractivity contribution in [2.24, 2.45) is 0 Å². The molecule has 0 atom stereocenters. The number of aryl methyl sites for hydroxylation is 3. The van der Waals surface area contributed by atoms with E-state index in [0.29, 0.717) is 33.8 Å². The topological polar surface area (TPSA) is 87.4 Å². The number of fused-ring (bicyclic) bond motifs is 1. The lowest BCUT2D eigenvalue weighted by Gasteiger charge is -2.12. The molecule has 0 spiro atoms. The molecule has 0 radical (unpaired) electrons. The van der Waals surface area contributed by atoms with Crippen molar-refractivity contribution in [1.29, 1.82) is 0 Å². The van der Waals surface area contributed by atoms with Crippen molar-refractivity contribution in [3.05, 3.63) is 76.9 Å². The monoisotopic (exact) mass is 431 g/mol. The number of anilines is 1. The highest BCUT2D eigenvalue weighted by molar-refractivity contribution is 7.80. The van der Waals surface area contributed by atoms with Gasteiger partial charge in [0.1, 0.15) is 11.3 Å². The largest absolute Gasteiger partial charge is 0.507 e. The number of nitrogens with one attached hydrogen (secondary N) is 2. The molecule has 0 saturated carbocycles. The van der Waals surface area contributed by atoms with Crippen LogP contribution in [0.2, 0.25) is 0 Å². The van der Waals surface area contributed by atoms with Gasteiger partial charge in [-0.3, -0.25) is 10.1 Å². The van der Waals surface area contributed by atoms with E-state index in [1.807, 2.05) is 51.1 Å². The maximum absolute atomic E-state index is 12.5. The lowest BCUT2D eigenvalue weighted by Crippen LogP contribution is -2.34. The number of aromatic hydroxyl groups is 1. The number of hydrogen-bond donors (Lipinski definition) is 3. The maximum Gasteiger partial charge on any atom is 0.257 e. The fourth-order valence-corrected chi connectivity index (χ4v) is 3.54. The first-order chi connectivity index (χ1) is 14.8. The van der Waals surface area contributed by atoms with Crippen LogP contribution in [0.25, 0.3) is 22.6 Å². The Balaban J connectivity index is 1.53. The zero-order valence-corrected chi connectivity index (χ0v) is 18.1. The molecule has 0 aliphatic rings. The number of oxazole rings is 1. The molecular weight excluding hydrogens is 410 g/mol. The molecule has 0 unspecified atom stereocenters. The Morgan fingerprint density at radius 1 is 1.00 bits per heavy atom. The second-order valence-electron chi connectivity index (χ2n) is 7.45. The van der Waals surface area contributed by atoms with Crippen LogP contribution in [0.4, 0.5) is 5.69 Å². The highest BCUT2D eigenvalue weighted by atomic mass is 32.1. The van der Waals surface area contributed by atoms with Crippen molar-refractivity contribution in [3.63, 3.8) is 0 Å². The molecule has 6 nitrogen and oxygen atoms in total. The molecule has 3 N–H and O–H groups in total. The van der Waals surface area contributed by atoms with E-state index in [9.17, 15) is 9.90 Å². The van der Waals surface area contributed by atoms with Crippen molar-refractivity contribution in [3.8, 4) is 17.2 Å². The third kappa shape index (κ3) is 4.41. The predicted octanol–water partition coefficient (Wildman–Crippen LogP) is 5.25. The van der Waals surface area contributed by atoms with Crippen molar-refractivity contribution in [1.82, 2.24) is 10.3 Å². The van der Waals surface area contributed by atoms with Crippen molar-refractivity contribution in [2.75, 3.05) is 5.32 Å². The summed E-state index contributed by atoms with van der Waals surface area (Å²) in [6, 6.07) is 16.2. The molecule has 1 heterocycles. The molecule has 156 valence electrons. The van der Waals surface area contributed by atoms with Crippen LogP contribution in [-0.2, 0) is 0 Å². The van der Waals surface area contributed by atoms with Crippen molar-refractivity contribution >= 4 is 40.0 Å². The number of phenols is 1. The van der Waals surface area contributed by atoms with E-state index in [4.69, 9.17) is 16.6 Å². The van der Waals surface area contributed by atoms with Crippen molar-refractivity contribution in [2.45, 2.75) is 20.8 Å². The molecule has 3 aromatic carbocycles. The second kappa shape index (κ2) is 8.20. The smallest absolute Gasteiger partial charge is 0.257 e. The van der Waals surface area contributed by atoms with Gasteiger partial charge >= 0.3 is 0 Å². The Morgan fingerprint density at radius 2 is 1.74 bits per heavy atom. The number of aromatic nitrogens is 1. The summed E-state index contributed by atoms with van der Waals surface area (Å²) in [5.74, 6) is 0.0365. The van der Waals surface area contributed by atoms with Gasteiger partial charge in [-0.2, -0.15) is 0 Å². The lowest BCUT2D eigenvalue weighted by atomic mass is 10.1. The van der Waals surface area contributed by atoms with Crippen LogP contribution in [0.1, 0.15) is 27.0 Å². The summed E-state index contributed by atoms with van der Waals surface area (Å²) in [4.78, 5) is 17.0. The van der Waals surface area contributed by atoms with Crippen molar-refractivity contribution < 1.29 is 14.3 Å². The fraction of sp³-hybridized carbons (Fsp3) is 0.125. The molecule has 0 bridgehead atoms. The summed E-state index contributed by atoms with van der Waals surface area (Å²) < 4.78 is 5.82. The molecule has 4 aromatic rings. The van der Waals surface area contributed by atoms with Crippen LogP contribution in [0.15, 0.2) is 59.0 Å². The summed E-state index contributed by atoms with van der Waals surface area (Å²) >= 11 is 5.30. The summed E-state index contributed by atoms with van der Waals surface area (Å²) in [7, 11) is 0. The summed E-state index contributed by atoms with van der Waals surface area (Å²) in [5, 5.41) is 16.1. The Labute approximate surface area is 184 Å². The first-order valence-electron chi connectivity index (χ1n) is 9.70. The number of carbonyl (C=O) groups excluding carboxylic acids is 1. The summed E-state index contributed by atoms with van der Waals surface area (Å²) in [6.45, 7) is 5.82. The number of nitrogens with zero attached hydrogens (tertiary/aromatic N) is 1. The lowest BCUT2D eigenvalue weighted by molar-refractivity contribution is 0.0977. The molecular formula is C24H21N3O3S.